The van der Waals surface area contributed by atoms with Crippen molar-refractivity contribution in [1.82, 2.24) is 0 Å². The van der Waals surface area contributed by atoms with Crippen LogP contribution >= 0.6 is 11.8 Å². The monoisotopic (exact) mass is 309 g/mol. The highest BCUT2D eigenvalue weighted by Gasteiger charge is 2.28. The largest absolute Gasteiger partial charge is 0.480 e. The number of hydrogen-bond donors (Lipinski definition) is 2. The molecular weight excluding hydrogens is 299 g/mol. The first-order valence-corrected chi connectivity index (χ1v) is 6.03. The van der Waals surface area contributed by atoms with Crippen LogP contribution in [0.1, 0.15) is 0 Å². The van der Waals surface area contributed by atoms with Gasteiger partial charge in [-0.1, -0.05) is 0 Å². The number of thioether (sulfide) groups is 1. The van der Waals surface area contributed by atoms with Crippen LogP contribution in [0.5, 0.6) is 0 Å². The zero-order chi connectivity index (χ0) is 15.2. The summed E-state index contributed by atoms with van der Waals surface area (Å²) in [6.07, 6.45) is 0. The molecule has 9 heteroatoms. The quantitative estimate of drug-likeness (QED) is 0.789. The highest BCUT2D eigenvalue weighted by atomic mass is 32.2. The summed E-state index contributed by atoms with van der Waals surface area (Å²) >= 11 is -0.257. The number of hydrogen-bond acceptors (Lipinski definition) is 4. The van der Waals surface area contributed by atoms with Crippen molar-refractivity contribution in [2.75, 3.05) is 18.5 Å². The molecule has 0 fully saturated rings. The predicted octanol–water partition coefficient (Wildman–Crippen LogP) is 2.34. The Morgan fingerprint density at radius 2 is 1.80 bits per heavy atom. The standard InChI is InChI=1S/C11H10F3NO4S/c12-11(13,14)20-8-3-1-7(2-4-8)15-9(16)5-19-6-10(17)18/h1-4H,5-6H2,(H,15,16)(H,17,18). The van der Waals surface area contributed by atoms with E-state index in [0.717, 1.165) is 0 Å². The number of carboxylic acids is 1. The fraction of sp³-hybridized carbons (Fsp3) is 0.273. The van der Waals surface area contributed by atoms with Crippen molar-refractivity contribution < 1.29 is 32.6 Å². The van der Waals surface area contributed by atoms with Crippen LogP contribution < -0.4 is 5.32 Å². The molecule has 0 aliphatic carbocycles. The zero-order valence-electron chi connectivity index (χ0n) is 9.94. The van der Waals surface area contributed by atoms with Gasteiger partial charge in [-0.2, -0.15) is 13.2 Å². The minimum absolute atomic E-state index is 0.00220. The Morgan fingerprint density at radius 3 is 2.30 bits per heavy atom. The number of benzene rings is 1. The van der Waals surface area contributed by atoms with Crippen LogP contribution in [0.3, 0.4) is 0 Å². The number of alkyl halides is 3. The van der Waals surface area contributed by atoms with Gasteiger partial charge in [-0.05, 0) is 36.0 Å². The summed E-state index contributed by atoms with van der Waals surface area (Å²) in [7, 11) is 0. The Kier molecular flexibility index (Phi) is 5.83. The molecule has 1 rings (SSSR count). The summed E-state index contributed by atoms with van der Waals surface area (Å²) in [6, 6.07) is 5.05. The molecule has 0 atom stereocenters. The minimum Gasteiger partial charge on any atom is -0.480 e. The molecule has 0 saturated heterocycles. The Hall–Kier alpha value is -1.74. The molecule has 0 spiro atoms. The summed E-state index contributed by atoms with van der Waals surface area (Å²) in [5.74, 6) is -1.80. The van der Waals surface area contributed by atoms with Crippen LogP contribution in [0.25, 0.3) is 0 Å². The molecule has 20 heavy (non-hydrogen) atoms. The summed E-state index contributed by atoms with van der Waals surface area (Å²) in [6.45, 7) is -1.06. The van der Waals surface area contributed by atoms with E-state index < -0.39 is 30.6 Å². The molecule has 2 N–H and O–H groups in total. The predicted molar refractivity (Wildman–Crippen MR) is 65.4 cm³/mol. The number of carbonyl (C=O) groups is 2. The van der Waals surface area contributed by atoms with Gasteiger partial charge in [-0.3, -0.25) is 4.79 Å². The van der Waals surface area contributed by atoms with Crippen molar-refractivity contribution in [3.63, 3.8) is 0 Å². The van der Waals surface area contributed by atoms with Gasteiger partial charge in [0.2, 0.25) is 5.91 Å². The summed E-state index contributed by atoms with van der Waals surface area (Å²) in [4.78, 5) is 21.4. The number of nitrogens with one attached hydrogen (secondary N) is 1. The van der Waals surface area contributed by atoms with Crippen molar-refractivity contribution in [3.8, 4) is 0 Å². The molecule has 0 unspecified atom stereocenters. The topological polar surface area (TPSA) is 75.6 Å². The maximum Gasteiger partial charge on any atom is 0.446 e. The summed E-state index contributed by atoms with van der Waals surface area (Å²) in [5, 5.41) is 10.6. The number of carboxylic acid groups (broad SMARTS) is 1. The van der Waals surface area contributed by atoms with E-state index in [1.807, 2.05) is 0 Å². The Balaban J connectivity index is 2.45. The zero-order valence-corrected chi connectivity index (χ0v) is 10.8. The number of carbonyl (C=O) groups excluding carboxylic acids is 1. The third kappa shape index (κ3) is 7.00. The van der Waals surface area contributed by atoms with Crippen molar-refractivity contribution in [1.29, 1.82) is 0 Å². The lowest BCUT2D eigenvalue weighted by Gasteiger charge is -2.08. The fourth-order valence-electron chi connectivity index (χ4n) is 1.17. The smallest absolute Gasteiger partial charge is 0.446 e. The van der Waals surface area contributed by atoms with E-state index in [1.54, 1.807) is 0 Å². The van der Waals surface area contributed by atoms with Gasteiger partial charge >= 0.3 is 11.5 Å². The molecule has 5 nitrogen and oxygen atoms in total. The first kappa shape index (κ1) is 16.3. The second-order valence-corrected chi connectivity index (χ2v) is 4.65. The third-order valence-electron chi connectivity index (χ3n) is 1.83. The fourth-order valence-corrected chi connectivity index (χ4v) is 1.71. The summed E-state index contributed by atoms with van der Waals surface area (Å²) < 4.78 is 40.8. The van der Waals surface area contributed by atoms with Crippen LogP contribution in [0.15, 0.2) is 29.2 Å². The Bertz CT molecular complexity index is 476. The van der Waals surface area contributed by atoms with E-state index in [2.05, 4.69) is 10.1 Å². The maximum atomic E-state index is 12.1. The number of anilines is 1. The van der Waals surface area contributed by atoms with Crippen LogP contribution in [-0.2, 0) is 14.3 Å². The van der Waals surface area contributed by atoms with Gasteiger partial charge < -0.3 is 15.2 Å². The molecule has 0 aliphatic heterocycles. The second-order valence-electron chi connectivity index (χ2n) is 3.51. The molecule has 1 aromatic carbocycles. The first-order valence-electron chi connectivity index (χ1n) is 5.21. The molecule has 1 aromatic rings. The maximum absolute atomic E-state index is 12.1. The van der Waals surface area contributed by atoms with Crippen molar-refractivity contribution in [3.05, 3.63) is 24.3 Å². The van der Waals surface area contributed by atoms with E-state index in [-0.39, 0.29) is 16.7 Å². The third-order valence-corrected chi connectivity index (χ3v) is 2.57. The highest BCUT2D eigenvalue weighted by molar-refractivity contribution is 8.00. The van der Waals surface area contributed by atoms with Crippen LogP contribution in [0, 0.1) is 0 Å². The van der Waals surface area contributed by atoms with Crippen molar-refractivity contribution in [2.45, 2.75) is 10.4 Å². The van der Waals surface area contributed by atoms with Crippen molar-refractivity contribution in [2.24, 2.45) is 0 Å². The highest BCUT2D eigenvalue weighted by Crippen LogP contribution is 2.36. The van der Waals surface area contributed by atoms with Gasteiger partial charge in [0, 0.05) is 10.6 Å². The van der Waals surface area contributed by atoms with Crippen LogP contribution in [-0.4, -0.2) is 35.7 Å². The number of rotatable bonds is 6. The van der Waals surface area contributed by atoms with Gasteiger partial charge in [0.1, 0.15) is 13.2 Å². The molecule has 0 aliphatic rings. The Labute approximate surface area is 116 Å². The lowest BCUT2D eigenvalue weighted by molar-refractivity contribution is -0.143. The van der Waals surface area contributed by atoms with Gasteiger partial charge in [0.05, 0.1) is 0 Å². The second kappa shape index (κ2) is 7.15. The molecule has 1 amide bonds. The number of amides is 1. The van der Waals surface area contributed by atoms with E-state index in [1.165, 1.54) is 24.3 Å². The lowest BCUT2D eigenvalue weighted by Crippen LogP contribution is -2.20. The summed E-state index contributed by atoms with van der Waals surface area (Å²) in [5.41, 5.74) is -4.07. The lowest BCUT2D eigenvalue weighted by atomic mass is 10.3. The normalized spacial score (nSPS) is 11.2. The molecule has 0 radical (unpaired) electrons. The SMILES string of the molecule is O=C(O)COCC(=O)Nc1ccc(SC(F)(F)F)cc1. The number of aliphatic carboxylic acids is 1. The molecule has 0 aromatic heterocycles. The minimum atomic E-state index is -4.37. The van der Waals surface area contributed by atoms with Gasteiger partial charge in [-0.15, -0.1) is 0 Å². The number of halogens is 3. The first-order chi connectivity index (χ1) is 9.26. The van der Waals surface area contributed by atoms with E-state index in [0.29, 0.717) is 5.69 Å². The van der Waals surface area contributed by atoms with Crippen LogP contribution in [0.2, 0.25) is 0 Å². The van der Waals surface area contributed by atoms with Gasteiger partial charge in [-0.25, -0.2) is 4.79 Å². The number of ether oxygens (including phenoxy) is 1. The molecule has 0 heterocycles. The average molecular weight is 309 g/mol. The van der Waals surface area contributed by atoms with E-state index in [9.17, 15) is 22.8 Å². The Morgan fingerprint density at radius 1 is 1.20 bits per heavy atom. The van der Waals surface area contributed by atoms with E-state index in [4.69, 9.17) is 5.11 Å². The molecule has 110 valence electrons. The molecule has 0 saturated carbocycles. The molecular formula is C11H10F3NO4S. The molecule has 0 bridgehead atoms. The van der Waals surface area contributed by atoms with Gasteiger partial charge in [0.25, 0.3) is 0 Å². The van der Waals surface area contributed by atoms with Gasteiger partial charge in [0.15, 0.2) is 0 Å². The van der Waals surface area contributed by atoms with E-state index >= 15 is 0 Å². The average Bonchev–Trinajstić information content (AvgIpc) is 2.29. The van der Waals surface area contributed by atoms with Crippen molar-refractivity contribution >= 4 is 29.3 Å². The van der Waals surface area contributed by atoms with Crippen LogP contribution in [0.4, 0.5) is 18.9 Å².